The van der Waals surface area contributed by atoms with Crippen molar-refractivity contribution in [2.24, 2.45) is 5.41 Å². The molecule has 4 heteroatoms. The van der Waals surface area contributed by atoms with Crippen LogP contribution in [0.25, 0.3) is 22.7 Å². The lowest BCUT2D eigenvalue weighted by molar-refractivity contribution is -0.113. The summed E-state index contributed by atoms with van der Waals surface area (Å²) in [6.07, 6.45) is 4.09. The van der Waals surface area contributed by atoms with Crippen molar-refractivity contribution in [3.63, 3.8) is 0 Å². The average molecular weight is 680 g/mol. The molecule has 0 saturated carbocycles. The van der Waals surface area contributed by atoms with Gasteiger partial charge in [-0.3, -0.25) is 4.79 Å². The van der Waals surface area contributed by atoms with Crippen LogP contribution in [0.5, 0.6) is 0 Å². The Morgan fingerprint density at radius 1 is 0.706 bits per heavy atom. The van der Waals surface area contributed by atoms with Crippen LogP contribution >= 0.6 is 0 Å². The maximum Gasteiger partial charge on any atom is 0.360 e. The Bertz CT molecular complexity index is 2040. The van der Waals surface area contributed by atoms with Gasteiger partial charge >= 0.3 is 11.5 Å². The van der Waals surface area contributed by atoms with Crippen LogP contribution in [0.3, 0.4) is 0 Å². The molecular weight excluding hydrogens is 629 g/mol. The molecule has 0 amide bonds. The van der Waals surface area contributed by atoms with Crippen LogP contribution in [0.4, 0.5) is 0 Å². The standard InChI is InChI=1S/C45H45O4.C2H6/c1-29(34-24-36(32-20-14-10-15-21-32)48-38(26-34)44(3,4)5)40-42(46)41(43(40)47-28-31-18-12-9-13-19-31)30(2)35-25-37(33-22-16-11-17-23-33)49-39(27-35)45(6,7)8;1-2/h9-27H,28H2,1-8H3;1-2H3/q+1;. The third-order valence-electron chi connectivity index (χ3n) is 8.93. The van der Waals surface area contributed by atoms with E-state index < -0.39 is 0 Å². The summed E-state index contributed by atoms with van der Waals surface area (Å²) in [6, 6.07) is 34.3. The molecule has 0 spiro atoms. The van der Waals surface area contributed by atoms with E-state index in [9.17, 15) is 4.79 Å². The summed E-state index contributed by atoms with van der Waals surface area (Å²) < 4.78 is 19.5. The lowest BCUT2D eigenvalue weighted by Crippen LogP contribution is -2.27. The summed E-state index contributed by atoms with van der Waals surface area (Å²) in [6.45, 7) is 21.2. The molecule has 0 N–H and O–H groups in total. The summed E-state index contributed by atoms with van der Waals surface area (Å²) in [5.74, 6) is 3.77. The van der Waals surface area contributed by atoms with Crippen molar-refractivity contribution in [2.45, 2.75) is 81.3 Å². The molecule has 4 aromatic rings. The summed E-state index contributed by atoms with van der Waals surface area (Å²) in [4.78, 5) is 14.4. The molecule has 0 bridgehead atoms. The fraction of sp³-hybridized carbons (Fsp3) is 0.277. The van der Waals surface area contributed by atoms with Gasteiger partial charge in [0.2, 0.25) is 5.78 Å². The Hall–Kier alpha value is -5.22. The average Bonchev–Trinajstić information content (AvgIpc) is 3.14. The number of Topliss-reactive ketones (excluding diaryl/α,β-unsaturated/α-hetero) is 1. The van der Waals surface area contributed by atoms with Crippen LogP contribution in [0.1, 0.15) is 91.7 Å². The van der Waals surface area contributed by atoms with E-state index in [-0.39, 0.29) is 16.6 Å². The third kappa shape index (κ3) is 8.23. The number of allylic oxidation sites excluding steroid dienone is 8. The van der Waals surface area contributed by atoms with E-state index in [1.54, 1.807) is 0 Å². The normalized spacial score (nSPS) is 16.5. The second-order valence-corrected chi connectivity index (χ2v) is 14.8. The molecule has 1 aromatic heterocycles. The van der Waals surface area contributed by atoms with E-state index in [2.05, 4.69) is 53.7 Å². The van der Waals surface area contributed by atoms with Crippen molar-refractivity contribution in [1.82, 2.24) is 0 Å². The monoisotopic (exact) mass is 679 g/mol. The lowest BCUT2D eigenvalue weighted by Gasteiger charge is -2.31. The molecule has 262 valence electrons. The number of hydrogen-bond acceptors (Lipinski definition) is 3. The van der Waals surface area contributed by atoms with Gasteiger partial charge in [0.25, 0.3) is 0 Å². The second-order valence-electron chi connectivity index (χ2n) is 14.8. The molecule has 6 rings (SSSR count). The number of hydrogen-bond donors (Lipinski definition) is 0. The molecule has 0 unspecified atom stereocenters. The van der Waals surface area contributed by atoms with Gasteiger partial charge in [0.1, 0.15) is 23.9 Å². The second kappa shape index (κ2) is 15.3. The predicted octanol–water partition coefficient (Wildman–Crippen LogP) is 12.7. The Labute approximate surface area is 304 Å². The Morgan fingerprint density at radius 3 is 1.84 bits per heavy atom. The van der Waals surface area contributed by atoms with E-state index >= 15 is 0 Å². The third-order valence-corrected chi connectivity index (χ3v) is 8.93. The smallest absolute Gasteiger partial charge is 0.360 e. The van der Waals surface area contributed by atoms with Crippen LogP contribution in [-0.2, 0) is 26.3 Å². The van der Waals surface area contributed by atoms with Gasteiger partial charge in [-0.2, -0.15) is 0 Å². The number of carbonyl (C=O) groups is 1. The van der Waals surface area contributed by atoms with Crippen LogP contribution in [0.2, 0.25) is 0 Å². The molecule has 1 aliphatic heterocycles. The van der Waals surface area contributed by atoms with Gasteiger partial charge in [0.05, 0.1) is 28.2 Å². The topological polar surface area (TPSA) is 46.8 Å². The fourth-order valence-electron chi connectivity index (χ4n) is 5.90. The molecule has 3 aromatic carbocycles. The minimum Gasteiger partial charge on any atom is -0.487 e. The summed E-state index contributed by atoms with van der Waals surface area (Å²) in [7, 11) is 0. The van der Waals surface area contributed by atoms with E-state index in [0.717, 1.165) is 62.0 Å². The summed E-state index contributed by atoms with van der Waals surface area (Å²) in [5, 5.41) is 0. The zero-order valence-electron chi connectivity index (χ0n) is 31.8. The zero-order chi connectivity index (χ0) is 36.9. The van der Waals surface area contributed by atoms with Crippen molar-refractivity contribution < 1.29 is 18.7 Å². The minimum absolute atomic E-state index is 0.0308. The Morgan fingerprint density at radius 2 is 1.27 bits per heavy atom. The fourth-order valence-corrected chi connectivity index (χ4v) is 5.90. The molecule has 0 saturated heterocycles. The van der Waals surface area contributed by atoms with Gasteiger partial charge < -0.3 is 9.47 Å². The van der Waals surface area contributed by atoms with Gasteiger partial charge in [-0.15, -0.1) is 0 Å². The van der Waals surface area contributed by atoms with Gasteiger partial charge in [0, 0.05) is 17.0 Å². The van der Waals surface area contributed by atoms with Gasteiger partial charge in [0.15, 0.2) is 0 Å². The maximum atomic E-state index is 14.4. The van der Waals surface area contributed by atoms with E-state index in [1.165, 1.54) is 0 Å². The molecule has 0 atom stereocenters. The predicted molar refractivity (Wildman–Crippen MR) is 210 cm³/mol. The first kappa shape index (κ1) is 37.0. The molecule has 1 aliphatic carbocycles. The quantitative estimate of drug-likeness (QED) is 0.144. The Kier molecular flexibility index (Phi) is 11.1. The summed E-state index contributed by atoms with van der Waals surface area (Å²) >= 11 is 0. The minimum atomic E-state index is -0.244. The number of ketones is 1. The molecular formula is C47H51O4+. The zero-order valence-corrected chi connectivity index (χ0v) is 31.8. The largest absolute Gasteiger partial charge is 0.487 e. The first-order valence-corrected chi connectivity index (χ1v) is 17.9. The van der Waals surface area contributed by atoms with Crippen molar-refractivity contribution in [2.75, 3.05) is 0 Å². The highest BCUT2D eigenvalue weighted by Gasteiger charge is 2.40. The van der Waals surface area contributed by atoms with Crippen LogP contribution < -0.4 is 0 Å². The Balaban J connectivity index is 0.00000248. The van der Waals surface area contributed by atoms with Gasteiger partial charge in [-0.25, -0.2) is 4.42 Å². The van der Waals surface area contributed by atoms with Crippen molar-refractivity contribution >= 4 is 17.1 Å². The number of carbonyl (C=O) groups excluding carboxylic acids is 1. The summed E-state index contributed by atoms with van der Waals surface area (Å²) in [5.41, 5.74) is 7.24. The molecule has 0 fully saturated rings. The molecule has 51 heavy (non-hydrogen) atoms. The van der Waals surface area contributed by atoms with Crippen LogP contribution in [0.15, 0.2) is 154 Å². The van der Waals surface area contributed by atoms with Crippen molar-refractivity contribution in [3.05, 3.63) is 172 Å². The van der Waals surface area contributed by atoms with E-state index in [4.69, 9.17) is 13.9 Å². The van der Waals surface area contributed by atoms with Crippen LogP contribution in [0, 0.1) is 5.41 Å². The highest BCUT2D eigenvalue weighted by atomic mass is 16.5. The lowest BCUT2D eigenvalue weighted by atomic mass is 9.77. The van der Waals surface area contributed by atoms with Gasteiger partial charge in [-0.05, 0) is 86.7 Å². The molecule has 4 nitrogen and oxygen atoms in total. The number of rotatable bonds is 7. The van der Waals surface area contributed by atoms with Crippen molar-refractivity contribution in [3.8, 4) is 11.3 Å². The van der Waals surface area contributed by atoms with Crippen LogP contribution in [-0.4, -0.2) is 5.78 Å². The highest BCUT2D eigenvalue weighted by molar-refractivity contribution is 6.25. The molecule has 2 aliphatic rings. The molecule has 0 radical (unpaired) electrons. The van der Waals surface area contributed by atoms with Crippen molar-refractivity contribution in [1.29, 1.82) is 0 Å². The first-order chi connectivity index (χ1) is 24.3. The highest BCUT2D eigenvalue weighted by Crippen LogP contribution is 2.45. The maximum absolute atomic E-state index is 14.4. The van der Waals surface area contributed by atoms with Gasteiger partial charge in [-0.1, -0.05) is 113 Å². The molecule has 2 heterocycles. The van der Waals surface area contributed by atoms with E-state index in [0.29, 0.717) is 23.5 Å². The number of ether oxygens (including phenoxy) is 2. The SMILES string of the molecule is CC.CC(=C1C=C(c2ccccc2)OC(C(C)(C)C)=C1)C1=C(OCc2ccccc2)C(=C(C)c2cc(-c3ccccc3)[o+]c(C(C)(C)C)c2)C1=O. The number of benzene rings is 3. The first-order valence-electron chi connectivity index (χ1n) is 17.9. The van der Waals surface area contributed by atoms with E-state index in [1.807, 2.05) is 131 Å².